The van der Waals surface area contributed by atoms with Gasteiger partial charge in [0.05, 0.1) is 9.79 Å². The summed E-state index contributed by atoms with van der Waals surface area (Å²) in [6.07, 6.45) is 4.24. The number of halogens is 1. The normalized spacial score (nSPS) is 18.5. The van der Waals surface area contributed by atoms with E-state index < -0.39 is 15.7 Å². The molecule has 3 aromatic rings. The molecule has 5 nitrogen and oxygen atoms in total. The number of sulfone groups is 1. The van der Waals surface area contributed by atoms with Crippen molar-refractivity contribution < 1.29 is 17.6 Å². The fourth-order valence-electron chi connectivity index (χ4n) is 3.15. The number of aromatic nitrogens is 1. The molecule has 4 rings (SSSR count). The van der Waals surface area contributed by atoms with Crippen molar-refractivity contribution >= 4 is 21.4 Å². The van der Waals surface area contributed by atoms with Gasteiger partial charge in [0.2, 0.25) is 15.7 Å². The Balaban J connectivity index is 1.44. The Kier molecular flexibility index (Phi) is 4.68. The van der Waals surface area contributed by atoms with Crippen molar-refractivity contribution in [1.29, 1.82) is 0 Å². The summed E-state index contributed by atoms with van der Waals surface area (Å²) in [5, 5.41) is 2.83. The van der Waals surface area contributed by atoms with E-state index in [1.54, 1.807) is 24.5 Å². The zero-order chi connectivity index (χ0) is 19.7. The van der Waals surface area contributed by atoms with Crippen molar-refractivity contribution in [3.05, 3.63) is 84.4 Å². The lowest BCUT2D eigenvalue weighted by Crippen LogP contribution is -2.14. The van der Waals surface area contributed by atoms with Gasteiger partial charge in [0.1, 0.15) is 5.82 Å². The molecular formula is C21H17FN2O3S. The molecule has 0 saturated heterocycles. The number of rotatable bonds is 5. The van der Waals surface area contributed by atoms with Gasteiger partial charge in [-0.15, -0.1) is 0 Å². The maximum absolute atomic E-state index is 13.0. The average Bonchev–Trinajstić information content (AvgIpc) is 3.51. The van der Waals surface area contributed by atoms with Crippen LogP contribution in [0.5, 0.6) is 0 Å². The minimum atomic E-state index is -3.74. The zero-order valence-corrected chi connectivity index (χ0v) is 15.6. The molecule has 0 bridgehead atoms. The molecule has 1 N–H and O–H groups in total. The van der Waals surface area contributed by atoms with Crippen molar-refractivity contribution in [2.75, 3.05) is 5.32 Å². The van der Waals surface area contributed by atoms with E-state index in [1.165, 1.54) is 24.3 Å². The Morgan fingerprint density at radius 2 is 1.64 bits per heavy atom. The van der Waals surface area contributed by atoms with E-state index in [1.807, 2.05) is 12.1 Å². The fourth-order valence-corrected chi connectivity index (χ4v) is 4.41. The third-order valence-electron chi connectivity index (χ3n) is 4.80. The van der Waals surface area contributed by atoms with Crippen LogP contribution in [0.1, 0.15) is 17.9 Å². The number of hydrogen-bond donors (Lipinski definition) is 1. The highest BCUT2D eigenvalue weighted by atomic mass is 32.2. The van der Waals surface area contributed by atoms with E-state index in [4.69, 9.17) is 0 Å². The van der Waals surface area contributed by atoms with Crippen molar-refractivity contribution in [2.45, 2.75) is 22.1 Å². The highest BCUT2D eigenvalue weighted by Crippen LogP contribution is 2.47. The monoisotopic (exact) mass is 396 g/mol. The van der Waals surface area contributed by atoms with Crippen LogP contribution >= 0.6 is 0 Å². The molecule has 1 aliphatic rings. The van der Waals surface area contributed by atoms with Gasteiger partial charge in [-0.3, -0.25) is 9.78 Å². The molecule has 2 atom stereocenters. The maximum atomic E-state index is 13.0. The standard InChI is InChI=1S/C21H17FN2O3S/c22-15-3-7-17(8-4-15)28(26,27)18-9-5-16(6-10-18)24-21(25)20-12-19(20)14-2-1-11-23-13-14/h1-11,13,19-20H,12H2,(H,24,25)/t19-,20+/m0/s1. The molecule has 1 heterocycles. The quantitative estimate of drug-likeness (QED) is 0.666. The number of amides is 1. The molecule has 1 aromatic heterocycles. The molecule has 2 aromatic carbocycles. The third-order valence-corrected chi connectivity index (χ3v) is 6.58. The van der Waals surface area contributed by atoms with Crippen molar-refractivity contribution in [1.82, 2.24) is 4.98 Å². The predicted molar refractivity (Wildman–Crippen MR) is 102 cm³/mol. The largest absolute Gasteiger partial charge is 0.326 e. The molecule has 7 heteroatoms. The second kappa shape index (κ2) is 7.16. The van der Waals surface area contributed by atoms with E-state index in [9.17, 15) is 17.6 Å². The van der Waals surface area contributed by atoms with Crippen LogP contribution in [0, 0.1) is 11.7 Å². The average molecular weight is 396 g/mol. The highest BCUT2D eigenvalue weighted by Gasteiger charge is 2.44. The van der Waals surface area contributed by atoms with Gasteiger partial charge in [-0.25, -0.2) is 12.8 Å². The number of anilines is 1. The van der Waals surface area contributed by atoms with Crippen molar-refractivity contribution in [3.63, 3.8) is 0 Å². The van der Waals surface area contributed by atoms with Gasteiger partial charge in [-0.2, -0.15) is 0 Å². The molecule has 28 heavy (non-hydrogen) atoms. The molecule has 1 aliphatic carbocycles. The molecule has 0 aliphatic heterocycles. The molecule has 0 unspecified atom stereocenters. The number of hydrogen-bond acceptors (Lipinski definition) is 4. The summed E-state index contributed by atoms with van der Waals surface area (Å²) >= 11 is 0. The molecular weight excluding hydrogens is 379 g/mol. The Labute approximate surface area is 162 Å². The third kappa shape index (κ3) is 3.66. The molecule has 1 amide bonds. The van der Waals surface area contributed by atoms with Gasteiger partial charge in [-0.05, 0) is 72.5 Å². The summed E-state index contributed by atoms with van der Waals surface area (Å²) in [4.78, 5) is 16.6. The molecule has 0 spiro atoms. The number of pyridine rings is 1. The van der Waals surface area contributed by atoms with Gasteiger partial charge >= 0.3 is 0 Å². The van der Waals surface area contributed by atoms with Crippen LogP contribution in [0.15, 0.2) is 82.8 Å². The first-order chi connectivity index (χ1) is 13.4. The first kappa shape index (κ1) is 18.3. The van der Waals surface area contributed by atoms with E-state index in [0.29, 0.717) is 5.69 Å². The molecule has 0 radical (unpaired) electrons. The van der Waals surface area contributed by atoms with Gasteiger partial charge < -0.3 is 5.32 Å². The zero-order valence-electron chi connectivity index (χ0n) is 14.7. The van der Waals surface area contributed by atoms with Gasteiger partial charge in [-0.1, -0.05) is 6.07 Å². The first-order valence-electron chi connectivity index (χ1n) is 8.77. The SMILES string of the molecule is O=C(Nc1ccc(S(=O)(=O)c2ccc(F)cc2)cc1)[C@@H]1C[C@H]1c1cccnc1. The Hall–Kier alpha value is -3.06. The summed E-state index contributed by atoms with van der Waals surface area (Å²) < 4.78 is 38.2. The van der Waals surface area contributed by atoms with Gasteiger partial charge in [0.15, 0.2) is 0 Å². The predicted octanol–water partition coefficient (Wildman–Crippen LogP) is 3.80. The molecule has 142 valence electrons. The summed E-state index contributed by atoms with van der Waals surface area (Å²) in [7, 11) is -3.74. The number of carbonyl (C=O) groups is 1. The minimum Gasteiger partial charge on any atom is -0.326 e. The van der Waals surface area contributed by atoms with Crippen LogP contribution < -0.4 is 5.32 Å². The topological polar surface area (TPSA) is 76.1 Å². The second-order valence-corrected chi connectivity index (χ2v) is 8.66. The van der Waals surface area contributed by atoms with Crippen LogP contribution in [0.2, 0.25) is 0 Å². The Morgan fingerprint density at radius 3 is 2.25 bits per heavy atom. The number of benzene rings is 2. The van der Waals surface area contributed by atoms with Crippen LogP contribution in [0.25, 0.3) is 0 Å². The van der Waals surface area contributed by atoms with E-state index in [-0.39, 0.29) is 27.5 Å². The van der Waals surface area contributed by atoms with E-state index >= 15 is 0 Å². The lowest BCUT2D eigenvalue weighted by Gasteiger charge is -2.08. The fraction of sp³-hybridized carbons (Fsp3) is 0.143. The van der Waals surface area contributed by atoms with Crippen LogP contribution in [-0.2, 0) is 14.6 Å². The maximum Gasteiger partial charge on any atom is 0.228 e. The first-order valence-corrected chi connectivity index (χ1v) is 10.2. The summed E-state index contributed by atoms with van der Waals surface area (Å²) in [5.74, 6) is -0.525. The molecule has 1 fully saturated rings. The lowest BCUT2D eigenvalue weighted by atomic mass is 10.1. The number of nitrogens with zero attached hydrogens (tertiary/aromatic N) is 1. The smallest absolute Gasteiger partial charge is 0.228 e. The van der Waals surface area contributed by atoms with E-state index in [0.717, 1.165) is 24.1 Å². The number of carbonyl (C=O) groups excluding carboxylic acids is 1. The van der Waals surface area contributed by atoms with Crippen molar-refractivity contribution in [2.24, 2.45) is 5.92 Å². The van der Waals surface area contributed by atoms with Crippen molar-refractivity contribution in [3.8, 4) is 0 Å². The number of nitrogens with one attached hydrogen (secondary N) is 1. The Morgan fingerprint density at radius 1 is 1.00 bits per heavy atom. The van der Waals surface area contributed by atoms with Gasteiger partial charge in [0.25, 0.3) is 0 Å². The summed E-state index contributed by atoms with van der Waals surface area (Å²) in [5.41, 5.74) is 1.57. The minimum absolute atomic E-state index is 0.0166. The summed E-state index contributed by atoms with van der Waals surface area (Å²) in [6.45, 7) is 0. The van der Waals surface area contributed by atoms with Crippen LogP contribution in [0.3, 0.4) is 0 Å². The van der Waals surface area contributed by atoms with Crippen LogP contribution in [-0.4, -0.2) is 19.3 Å². The highest BCUT2D eigenvalue weighted by molar-refractivity contribution is 7.91. The van der Waals surface area contributed by atoms with Gasteiger partial charge in [0, 0.05) is 24.0 Å². The van der Waals surface area contributed by atoms with Crippen LogP contribution in [0.4, 0.5) is 10.1 Å². The lowest BCUT2D eigenvalue weighted by molar-refractivity contribution is -0.117. The van der Waals surface area contributed by atoms with E-state index in [2.05, 4.69) is 10.3 Å². The molecule has 1 saturated carbocycles. The second-order valence-electron chi connectivity index (χ2n) is 6.71. The summed E-state index contributed by atoms with van der Waals surface area (Å²) in [6, 6.07) is 14.4. The Bertz CT molecular complexity index is 1100.